The normalized spacial score (nSPS) is 14.7. The van der Waals surface area contributed by atoms with E-state index in [1.807, 2.05) is 13.0 Å². The summed E-state index contributed by atoms with van der Waals surface area (Å²) in [4.78, 5) is 11.2. The van der Waals surface area contributed by atoms with Crippen molar-refractivity contribution in [3.05, 3.63) is 29.8 Å². The fourth-order valence-electron chi connectivity index (χ4n) is 1.04. The molecule has 0 aliphatic rings. The SMILES string of the molecule is Cc1cccc(S(=O)C(C)C(=O)O)c1. The predicted molar refractivity (Wildman–Crippen MR) is 54.7 cm³/mol. The Balaban J connectivity index is 2.95. The Bertz CT molecular complexity index is 373. The molecule has 0 heterocycles. The molecule has 0 aromatic heterocycles. The molecule has 0 spiro atoms. The van der Waals surface area contributed by atoms with E-state index in [0.717, 1.165) is 5.56 Å². The zero-order valence-corrected chi connectivity index (χ0v) is 8.88. The molecule has 14 heavy (non-hydrogen) atoms. The van der Waals surface area contributed by atoms with Gasteiger partial charge in [-0.25, -0.2) is 0 Å². The maximum atomic E-state index is 11.7. The van der Waals surface area contributed by atoms with Gasteiger partial charge < -0.3 is 5.11 Å². The summed E-state index contributed by atoms with van der Waals surface area (Å²) in [6.45, 7) is 3.33. The van der Waals surface area contributed by atoms with Crippen LogP contribution in [0.3, 0.4) is 0 Å². The van der Waals surface area contributed by atoms with E-state index in [-0.39, 0.29) is 0 Å². The van der Waals surface area contributed by atoms with Crippen LogP contribution in [0.15, 0.2) is 29.2 Å². The first kappa shape index (κ1) is 10.9. The van der Waals surface area contributed by atoms with Crippen LogP contribution in [-0.4, -0.2) is 20.5 Å². The van der Waals surface area contributed by atoms with Gasteiger partial charge in [0.15, 0.2) is 0 Å². The van der Waals surface area contributed by atoms with Crippen molar-refractivity contribution in [1.29, 1.82) is 0 Å². The van der Waals surface area contributed by atoms with Crippen LogP contribution in [-0.2, 0) is 15.6 Å². The Kier molecular flexibility index (Phi) is 3.41. The molecular formula is C10H12O3S. The largest absolute Gasteiger partial charge is 0.480 e. The summed E-state index contributed by atoms with van der Waals surface area (Å²) in [6.07, 6.45) is 0. The van der Waals surface area contributed by atoms with E-state index in [2.05, 4.69) is 0 Å². The summed E-state index contributed by atoms with van der Waals surface area (Å²) in [7, 11) is -1.47. The molecule has 0 aliphatic carbocycles. The second-order valence-electron chi connectivity index (χ2n) is 3.09. The monoisotopic (exact) mass is 212 g/mol. The lowest BCUT2D eigenvalue weighted by atomic mass is 10.2. The number of rotatable bonds is 3. The molecule has 0 saturated carbocycles. The van der Waals surface area contributed by atoms with Gasteiger partial charge in [-0.1, -0.05) is 12.1 Å². The summed E-state index contributed by atoms with van der Waals surface area (Å²) < 4.78 is 11.7. The van der Waals surface area contributed by atoms with Gasteiger partial charge >= 0.3 is 5.97 Å². The van der Waals surface area contributed by atoms with E-state index >= 15 is 0 Å². The number of carbonyl (C=O) groups is 1. The predicted octanol–water partition coefficient (Wildman–Crippen LogP) is 1.58. The Morgan fingerprint density at radius 1 is 1.50 bits per heavy atom. The number of hydrogen-bond donors (Lipinski definition) is 1. The topological polar surface area (TPSA) is 54.4 Å². The van der Waals surface area contributed by atoms with Crippen molar-refractivity contribution in [2.24, 2.45) is 0 Å². The van der Waals surface area contributed by atoms with Gasteiger partial charge in [-0.2, -0.15) is 0 Å². The van der Waals surface area contributed by atoms with Gasteiger partial charge in [0.05, 0.1) is 10.8 Å². The second-order valence-corrected chi connectivity index (χ2v) is 4.87. The molecule has 1 aromatic carbocycles. The van der Waals surface area contributed by atoms with Crippen LogP contribution < -0.4 is 0 Å². The molecule has 0 saturated heterocycles. The third-order valence-electron chi connectivity index (χ3n) is 1.89. The van der Waals surface area contributed by atoms with Crippen molar-refractivity contribution in [1.82, 2.24) is 0 Å². The zero-order chi connectivity index (χ0) is 10.7. The lowest BCUT2D eigenvalue weighted by Crippen LogP contribution is -2.21. The van der Waals surface area contributed by atoms with Gasteiger partial charge in [0.25, 0.3) is 0 Å². The average Bonchev–Trinajstić information content (AvgIpc) is 2.15. The number of aryl methyl sites for hydroxylation is 1. The molecule has 2 unspecified atom stereocenters. The second kappa shape index (κ2) is 4.37. The first-order chi connectivity index (χ1) is 6.52. The molecule has 3 nitrogen and oxygen atoms in total. The van der Waals surface area contributed by atoms with Crippen molar-refractivity contribution in [3.8, 4) is 0 Å². The van der Waals surface area contributed by atoms with Crippen molar-refractivity contribution in [3.63, 3.8) is 0 Å². The molecule has 0 aliphatic heterocycles. The highest BCUT2D eigenvalue weighted by molar-refractivity contribution is 7.86. The van der Waals surface area contributed by atoms with E-state index in [1.54, 1.807) is 18.2 Å². The number of carboxylic acid groups (broad SMARTS) is 1. The lowest BCUT2D eigenvalue weighted by Gasteiger charge is -2.06. The molecular weight excluding hydrogens is 200 g/mol. The fourth-order valence-corrected chi connectivity index (χ4v) is 2.14. The van der Waals surface area contributed by atoms with E-state index in [9.17, 15) is 9.00 Å². The highest BCUT2D eigenvalue weighted by Crippen LogP contribution is 2.12. The first-order valence-electron chi connectivity index (χ1n) is 4.22. The Morgan fingerprint density at radius 3 is 2.64 bits per heavy atom. The maximum absolute atomic E-state index is 11.7. The van der Waals surface area contributed by atoms with Gasteiger partial charge in [-0.05, 0) is 31.5 Å². The van der Waals surface area contributed by atoms with Gasteiger partial charge in [-0.15, -0.1) is 0 Å². The Morgan fingerprint density at radius 2 is 2.14 bits per heavy atom. The average molecular weight is 212 g/mol. The minimum atomic E-state index is -1.47. The molecule has 76 valence electrons. The van der Waals surface area contributed by atoms with E-state index in [4.69, 9.17) is 5.11 Å². The quantitative estimate of drug-likeness (QED) is 0.827. The highest BCUT2D eigenvalue weighted by atomic mass is 32.2. The number of hydrogen-bond acceptors (Lipinski definition) is 2. The smallest absolute Gasteiger partial charge is 0.319 e. The molecule has 4 heteroatoms. The molecule has 0 radical (unpaired) electrons. The van der Waals surface area contributed by atoms with Crippen LogP contribution in [0.25, 0.3) is 0 Å². The summed E-state index contributed by atoms with van der Waals surface area (Å²) in [5.74, 6) is -1.04. The van der Waals surface area contributed by atoms with Gasteiger partial charge in [-0.3, -0.25) is 9.00 Å². The van der Waals surface area contributed by atoms with Crippen LogP contribution in [0.1, 0.15) is 12.5 Å². The Labute approximate surface area is 85.2 Å². The van der Waals surface area contributed by atoms with Crippen LogP contribution in [0.5, 0.6) is 0 Å². The third-order valence-corrected chi connectivity index (χ3v) is 3.45. The number of carboxylic acids is 1. The van der Waals surface area contributed by atoms with Gasteiger partial charge in [0.2, 0.25) is 0 Å². The van der Waals surface area contributed by atoms with Crippen LogP contribution >= 0.6 is 0 Å². The molecule has 0 bridgehead atoms. The van der Waals surface area contributed by atoms with Crippen molar-refractivity contribution in [2.75, 3.05) is 0 Å². The molecule has 0 fully saturated rings. The van der Waals surface area contributed by atoms with Gasteiger partial charge in [0, 0.05) is 4.90 Å². The summed E-state index contributed by atoms with van der Waals surface area (Å²) in [5.41, 5.74) is 0.980. The first-order valence-corrected chi connectivity index (χ1v) is 5.43. The molecule has 1 aromatic rings. The highest BCUT2D eigenvalue weighted by Gasteiger charge is 2.20. The molecule has 1 N–H and O–H groups in total. The Hall–Kier alpha value is -1.16. The van der Waals surface area contributed by atoms with E-state index in [1.165, 1.54) is 6.92 Å². The van der Waals surface area contributed by atoms with Crippen molar-refractivity contribution >= 4 is 16.8 Å². The molecule has 0 amide bonds. The fraction of sp³-hybridized carbons (Fsp3) is 0.300. The van der Waals surface area contributed by atoms with Gasteiger partial charge in [0.1, 0.15) is 5.25 Å². The van der Waals surface area contributed by atoms with Crippen LogP contribution in [0, 0.1) is 6.92 Å². The summed E-state index contributed by atoms with van der Waals surface area (Å²) in [6, 6.07) is 7.08. The minimum absolute atomic E-state index is 0.569. The maximum Gasteiger partial charge on any atom is 0.319 e. The van der Waals surface area contributed by atoms with Crippen molar-refractivity contribution < 1.29 is 14.1 Å². The standard InChI is InChI=1S/C10H12O3S/c1-7-4-3-5-9(6-7)14(13)8(2)10(11)12/h3-6,8H,1-2H3,(H,11,12). The molecule has 1 rings (SSSR count). The molecule has 2 atom stereocenters. The van der Waals surface area contributed by atoms with E-state index in [0.29, 0.717) is 4.90 Å². The van der Waals surface area contributed by atoms with E-state index < -0.39 is 22.0 Å². The third kappa shape index (κ3) is 2.42. The van der Waals surface area contributed by atoms with Crippen LogP contribution in [0.4, 0.5) is 0 Å². The lowest BCUT2D eigenvalue weighted by molar-refractivity contribution is -0.136. The minimum Gasteiger partial charge on any atom is -0.480 e. The zero-order valence-electron chi connectivity index (χ0n) is 8.06. The van der Waals surface area contributed by atoms with Crippen molar-refractivity contribution in [2.45, 2.75) is 24.0 Å². The number of benzene rings is 1. The number of aliphatic carboxylic acids is 1. The summed E-state index contributed by atoms with van der Waals surface area (Å²) in [5, 5.41) is 7.83. The summed E-state index contributed by atoms with van der Waals surface area (Å²) >= 11 is 0. The van der Waals surface area contributed by atoms with Crippen LogP contribution in [0.2, 0.25) is 0 Å².